The SMILES string of the molecule is Cc1cc(OCCC2CCCN2C)c(CN)c(C)n1. The van der Waals surface area contributed by atoms with E-state index in [4.69, 9.17) is 10.5 Å². The Morgan fingerprint density at radius 1 is 1.47 bits per heavy atom. The average molecular weight is 263 g/mol. The lowest BCUT2D eigenvalue weighted by molar-refractivity contribution is 0.232. The van der Waals surface area contributed by atoms with Gasteiger partial charge in [-0.2, -0.15) is 0 Å². The fraction of sp³-hybridized carbons (Fsp3) is 0.667. The highest BCUT2D eigenvalue weighted by Crippen LogP contribution is 2.23. The summed E-state index contributed by atoms with van der Waals surface area (Å²) < 4.78 is 5.95. The molecule has 1 aliphatic rings. The van der Waals surface area contributed by atoms with E-state index in [0.29, 0.717) is 12.6 Å². The Balaban J connectivity index is 1.95. The van der Waals surface area contributed by atoms with Crippen LogP contribution in [0.1, 0.15) is 36.2 Å². The zero-order valence-corrected chi connectivity index (χ0v) is 12.3. The Hall–Kier alpha value is -1.13. The number of nitrogens with two attached hydrogens (primary N) is 1. The summed E-state index contributed by atoms with van der Waals surface area (Å²) in [6.45, 7) is 6.44. The number of nitrogens with zero attached hydrogens (tertiary/aromatic N) is 2. The number of likely N-dealkylation sites (tertiary alicyclic amines) is 1. The monoisotopic (exact) mass is 263 g/mol. The maximum atomic E-state index is 5.95. The first-order valence-electron chi connectivity index (χ1n) is 7.12. The van der Waals surface area contributed by atoms with Gasteiger partial charge in [-0.15, -0.1) is 0 Å². The van der Waals surface area contributed by atoms with E-state index in [1.807, 2.05) is 19.9 Å². The Morgan fingerprint density at radius 2 is 2.26 bits per heavy atom. The normalized spacial score (nSPS) is 19.9. The van der Waals surface area contributed by atoms with Gasteiger partial charge in [-0.1, -0.05) is 0 Å². The van der Waals surface area contributed by atoms with E-state index in [9.17, 15) is 0 Å². The van der Waals surface area contributed by atoms with E-state index in [-0.39, 0.29) is 0 Å². The van der Waals surface area contributed by atoms with Crippen molar-refractivity contribution in [3.8, 4) is 5.75 Å². The first kappa shape index (κ1) is 14.3. The maximum absolute atomic E-state index is 5.95. The lowest BCUT2D eigenvalue weighted by Gasteiger charge is -2.20. The van der Waals surface area contributed by atoms with Gasteiger partial charge >= 0.3 is 0 Å². The van der Waals surface area contributed by atoms with Crippen LogP contribution in [-0.2, 0) is 6.54 Å². The van der Waals surface area contributed by atoms with E-state index >= 15 is 0 Å². The number of aryl methyl sites for hydroxylation is 2. The van der Waals surface area contributed by atoms with Gasteiger partial charge in [0.2, 0.25) is 0 Å². The summed E-state index contributed by atoms with van der Waals surface area (Å²) in [4.78, 5) is 6.86. The molecular weight excluding hydrogens is 238 g/mol. The zero-order chi connectivity index (χ0) is 13.8. The first-order valence-corrected chi connectivity index (χ1v) is 7.12. The summed E-state index contributed by atoms with van der Waals surface area (Å²) in [5, 5.41) is 0. The molecule has 1 atom stereocenters. The number of aromatic nitrogens is 1. The van der Waals surface area contributed by atoms with Crippen LogP contribution in [0.4, 0.5) is 0 Å². The number of hydrogen-bond donors (Lipinski definition) is 1. The van der Waals surface area contributed by atoms with Crippen LogP contribution in [0.2, 0.25) is 0 Å². The van der Waals surface area contributed by atoms with E-state index in [1.54, 1.807) is 0 Å². The van der Waals surface area contributed by atoms with Crippen LogP contribution < -0.4 is 10.5 Å². The van der Waals surface area contributed by atoms with Crippen molar-refractivity contribution in [3.05, 3.63) is 23.0 Å². The molecule has 19 heavy (non-hydrogen) atoms. The van der Waals surface area contributed by atoms with Crippen molar-refractivity contribution in [2.24, 2.45) is 5.73 Å². The Labute approximate surface area is 116 Å². The fourth-order valence-electron chi connectivity index (χ4n) is 2.85. The molecule has 1 fully saturated rings. The Kier molecular flexibility index (Phi) is 4.77. The van der Waals surface area contributed by atoms with Gasteiger partial charge in [-0.3, -0.25) is 4.98 Å². The molecule has 0 radical (unpaired) electrons. The Morgan fingerprint density at radius 3 is 2.89 bits per heavy atom. The van der Waals surface area contributed by atoms with Gasteiger partial charge in [-0.25, -0.2) is 0 Å². The molecule has 1 saturated heterocycles. The molecule has 0 aliphatic carbocycles. The molecule has 0 bridgehead atoms. The van der Waals surface area contributed by atoms with E-state index in [1.165, 1.54) is 19.4 Å². The molecule has 2 rings (SSSR count). The third-order valence-electron chi connectivity index (χ3n) is 4.00. The summed E-state index contributed by atoms with van der Waals surface area (Å²) >= 11 is 0. The summed E-state index contributed by atoms with van der Waals surface area (Å²) in [5.74, 6) is 0.910. The molecule has 0 spiro atoms. The van der Waals surface area contributed by atoms with E-state index in [0.717, 1.165) is 35.7 Å². The first-order chi connectivity index (χ1) is 9.11. The van der Waals surface area contributed by atoms with Crippen LogP contribution in [0.15, 0.2) is 6.07 Å². The second-order valence-electron chi connectivity index (χ2n) is 5.44. The van der Waals surface area contributed by atoms with Crippen molar-refractivity contribution >= 4 is 0 Å². The van der Waals surface area contributed by atoms with Gasteiger partial charge in [0.1, 0.15) is 5.75 Å². The molecule has 2 heterocycles. The standard InChI is InChI=1S/C15H25N3O/c1-11-9-15(14(10-16)12(2)17-11)19-8-6-13-5-4-7-18(13)3/h9,13H,4-8,10,16H2,1-3H3. The molecule has 4 nitrogen and oxygen atoms in total. The number of hydrogen-bond acceptors (Lipinski definition) is 4. The topological polar surface area (TPSA) is 51.4 Å². The Bertz CT molecular complexity index is 434. The van der Waals surface area contributed by atoms with Gasteiger partial charge < -0.3 is 15.4 Å². The van der Waals surface area contributed by atoms with Gasteiger partial charge in [0, 0.05) is 35.6 Å². The molecule has 1 unspecified atom stereocenters. The van der Waals surface area contributed by atoms with Crippen LogP contribution in [0.5, 0.6) is 5.75 Å². The molecule has 1 aliphatic heterocycles. The quantitative estimate of drug-likeness (QED) is 0.883. The summed E-state index contributed by atoms with van der Waals surface area (Å²) in [5.41, 5.74) is 8.79. The molecular formula is C15H25N3O. The smallest absolute Gasteiger partial charge is 0.127 e. The van der Waals surface area contributed by atoms with Crippen LogP contribution in [0, 0.1) is 13.8 Å². The third kappa shape index (κ3) is 3.45. The fourth-order valence-corrected chi connectivity index (χ4v) is 2.85. The highest BCUT2D eigenvalue weighted by atomic mass is 16.5. The van der Waals surface area contributed by atoms with Gasteiger partial charge in [0.15, 0.2) is 0 Å². The van der Waals surface area contributed by atoms with Crippen molar-refractivity contribution in [1.82, 2.24) is 9.88 Å². The zero-order valence-electron chi connectivity index (χ0n) is 12.3. The van der Waals surface area contributed by atoms with Crippen LogP contribution in [0.3, 0.4) is 0 Å². The van der Waals surface area contributed by atoms with Crippen LogP contribution >= 0.6 is 0 Å². The van der Waals surface area contributed by atoms with Crippen molar-refractivity contribution in [2.45, 2.75) is 45.7 Å². The van der Waals surface area contributed by atoms with Crippen LogP contribution in [0.25, 0.3) is 0 Å². The lowest BCUT2D eigenvalue weighted by Crippen LogP contribution is -2.26. The molecule has 1 aromatic heterocycles. The minimum absolute atomic E-state index is 0.484. The largest absolute Gasteiger partial charge is 0.493 e. The van der Waals surface area contributed by atoms with Crippen molar-refractivity contribution in [2.75, 3.05) is 20.2 Å². The number of rotatable bonds is 5. The van der Waals surface area contributed by atoms with Crippen molar-refractivity contribution < 1.29 is 4.74 Å². The molecule has 0 amide bonds. The molecule has 1 aromatic rings. The molecule has 0 aromatic carbocycles. The molecule has 0 saturated carbocycles. The highest BCUT2D eigenvalue weighted by Gasteiger charge is 2.20. The maximum Gasteiger partial charge on any atom is 0.127 e. The molecule has 106 valence electrons. The summed E-state index contributed by atoms with van der Waals surface area (Å²) in [7, 11) is 2.20. The number of pyridine rings is 1. The van der Waals surface area contributed by atoms with E-state index in [2.05, 4.69) is 16.9 Å². The third-order valence-corrected chi connectivity index (χ3v) is 4.00. The van der Waals surface area contributed by atoms with Crippen molar-refractivity contribution in [1.29, 1.82) is 0 Å². The lowest BCUT2D eigenvalue weighted by atomic mass is 10.1. The van der Waals surface area contributed by atoms with Crippen molar-refractivity contribution in [3.63, 3.8) is 0 Å². The minimum Gasteiger partial charge on any atom is -0.493 e. The second kappa shape index (κ2) is 6.35. The predicted octanol–water partition coefficient (Wildman–Crippen LogP) is 2.02. The predicted molar refractivity (Wildman–Crippen MR) is 77.4 cm³/mol. The van der Waals surface area contributed by atoms with E-state index < -0.39 is 0 Å². The van der Waals surface area contributed by atoms with Gasteiger partial charge in [0.05, 0.1) is 6.61 Å². The summed E-state index contributed by atoms with van der Waals surface area (Å²) in [6, 6.07) is 2.67. The average Bonchev–Trinajstić information content (AvgIpc) is 2.75. The van der Waals surface area contributed by atoms with Gasteiger partial charge in [-0.05, 0) is 46.7 Å². The second-order valence-corrected chi connectivity index (χ2v) is 5.44. The molecule has 4 heteroatoms. The van der Waals surface area contributed by atoms with Crippen LogP contribution in [-0.4, -0.2) is 36.1 Å². The minimum atomic E-state index is 0.484. The molecule has 2 N–H and O–H groups in total. The van der Waals surface area contributed by atoms with Gasteiger partial charge in [0.25, 0.3) is 0 Å². The number of ether oxygens (including phenoxy) is 1. The highest BCUT2D eigenvalue weighted by molar-refractivity contribution is 5.37. The summed E-state index contributed by atoms with van der Waals surface area (Å²) in [6.07, 6.45) is 3.68.